The zero-order valence-corrected chi connectivity index (χ0v) is 11.7. The van der Waals surface area contributed by atoms with E-state index in [9.17, 15) is 4.79 Å². The van der Waals surface area contributed by atoms with Gasteiger partial charge in [-0.3, -0.25) is 4.79 Å². The molecule has 2 aliphatic heterocycles. The third-order valence-electron chi connectivity index (χ3n) is 4.24. The molecular weight excluding hydrogens is 278 g/mol. The summed E-state index contributed by atoms with van der Waals surface area (Å²) in [4.78, 5) is 14.5. The predicted octanol–water partition coefficient (Wildman–Crippen LogP) is 0.671. The Kier molecular flexibility index (Phi) is 3.35. The minimum atomic E-state index is 0. The van der Waals surface area contributed by atoms with E-state index in [2.05, 4.69) is 20.7 Å². The molecule has 3 heterocycles. The first-order valence-corrected chi connectivity index (χ1v) is 6.62. The number of benzene rings is 1. The minimum Gasteiger partial charge on any atom is -0.338 e. The van der Waals surface area contributed by atoms with Crippen LogP contribution in [-0.2, 0) is 0 Å². The van der Waals surface area contributed by atoms with E-state index in [1.54, 1.807) is 0 Å². The quantitative estimate of drug-likeness (QED) is 0.810. The van der Waals surface area contributed by atoms with Crippen molar-refractivity contribution in [2.75, 3.05) is 26.2 Å². The summed E-state index contributed by atoms with van der Waals surface area (Å²) in [6, 6.07) is 5.48. The Morgan fingerprint density at radius 2 is 1.85 bits per heavy atom. The van der Waals surface area contributed by atoms with Gasteiger partial charge in [0.25, 0.3) is 5.91 Å². The average Bonchev–Trinajstić information content (AvgIpc) is 3.11. The number of carbonyl (C=O) groups excluding carboxylic acids is 1. The number of hydrogen-bond acceptors (Lipinski definition) is 4. The van der Waals surface area contributed by atoms with E-state index in [4.69, 9.17) is 0 Å². The maximum Gasteiger partial charge on any atom is 0.253 e. The Morgan fingerprint density at radius 3 is 2.60 bits per heavy atom. The predicted molar refractivity (Wildman–Crippen MR) is 76.9 cm³/mol. The molecule has 0 unspecified atom stereocenters. The van der Waals surface area contributed by atoms with Gasteiger partial charge in [0.05, 0.1) is 0 Å². The number of likely N-dealkylation sites (tertiary alicyclic amines) is 1. The van der Waals surface area contributed by atoms with Crippen molar-refractivity contribution in [2.45, 2.75) is 0 Å². The summed E-state index contributed by atoms with van der Waals surface area (Å²) in [6.45, 7) is 3.81. The molecule has 1 amide bonds. The van der Waals surface area contributed by atoms with E-state index < -0.39 is 0 Å². The summed E-state index contributed by atoms with van der Waals surface area (Å²) in [5.74, 6) is 1.36. The summed E-state index contributed by atoms with van der Waals surface area (Å²) in [5.41, 5.74) is 2.24. The number of aromatic amines is 1. The van der Waals surface area contributed by atoms with E-state index in [0.29, 0.717) is 17.4 Å². The van der Waals surface area contributed by atoms with Crippen molar-refractivity contribution in [3.63, 3.8) is 0 Å². The summed E-state index contributed by atoms with van der Waals surface area (Å²) in [5, 5.41) is 14.0. The lowest BCUT2D eigenvalue weighted by Gasteiger charge is -2.17. The monoisotopic (exact) mass is 293 g/mol. The SMILES string of the molecule is Cl.O=C(c1ccc2n[nH]nc2c1)N1C[C@@H]2CNC[C@H]2C1. The molecule has 1 aromatic heterocycles. The molecule has 2 N–H and O–H groups in total. The fraction of sp³-hybridized carbons (Fsp3) is 0.462. The van der Waals surface area contributed by atoms with Crippen molar-refractivity contribution in [3.05, 3.63) is 23.8 Å². The van der Waals surface area contributed by atoms with Gasteiger partial charge in [0, 0.05) is 31.7 Å². The zero-order valence-electron chi connectivity index (χ0n) is 10.9. The number of halogens is 1. The van der Waals surface area contributed by atoms with Crippen LogP contribution in [0.2, 0.25) is 0 Å². The maximum absolute atomic E-state index is 12.5. The highest BCUT2D eigenvalue weighted by molar-refractivity contribution is 5.97. The topological polar surface area (TPSA) is 73.9 Å². The molecule has 0 aliphatic carbocycles. The van der Waals surface area contributed by atoms with Gasteiger partial charge >= 0.3 is 0 Å². The number of hydrogen-bond donors (Lipinski definition) is 2. The van der Waals surface area contributed by atoms with Gasteiger partial charge in [0.15, 0.2) is 0 Å². The number of aromatic nitrogens is 3. The molecular formula is C13H16ClN5O. The standard InChI is InChI=1S/C13H15N5O.ClH/c19-13(18-6-9-4-14-5-10(9)7-18)8-1-2-11-12(3-8)16-17-15-11;/h1-3,9-10,14H,4-7H2,(H,15,16,17);1H/t9-,10-;/m0./s1. The van der Waals surface area contributed by atoms with E-state index in [0.717, 1.165) is 37.2 Å². The highest BCUT2D eigenvalue weighted by Crippen LogP contribution is 2.27. The van der Waals surface area contributed by atoms with Gasteiger partial charge in [-0.05, 0) is 30.0 Å². The van der Waals surface area contributed by atoms with Crippen LogP contribution in [0.15, 0.2) is 18.2 Å². The smallest absolute Gasteiger partial charge is 0.253 e. The summed E-state index contributed by atoms with van der Waals surface area (Å²) in [7, 11) is 0. The number of H-pyrrole nitrogens is 1. The van der Waals surface area contributed by atoms with Crippen molar-refractivity contribution in [3.8, 4) is 0 Å². The average molecular weight is 294 g/mol. The van der Waals surface area contributed by atoms with Crippen LogP contribution in [0, 0.1) is 11.8 Å². The molecule has 4 rings (SSSR count). The molecule has 106 valence electrons. The molecule has 2 aliphatic rings. The summed E-state index contributed by atoms with van der Waals surface area (Å²) < 4.78 is 0. The number of nitrogens with one attached hydrogen (secondary N) is 2. The van der Waals surface area contributed by atoms with Gasteiger partial charge in [-0.25, -0.2) is 0 Å². The lowest BCUT2D eigenvalue weighted by molar-refractivity contribution is 0.0782. The second-order valence-corrected chi connectivity index (χ2v) is 5.42. The minimum absolute atomic E-state index is 0. The van der Waals surface area contributed by atoms with E-state index in [-0.39, 0.29) is 18.3 Å². The molecule has 2 atom stereocenters. The second-order valence-electron chi connectivity index (χ2n) is 5.42. The largest absolute Gasteiger partial charge is 0.338 e. The molecule has 2 saturated heterocycles. The molecule has 2 aromatic rings. The highest BCUT2D eigenvalue weighted by atomic mass is 35.5. The summed E-state index contributed by atoms with van der Waals surface area (Å²) >= 11 is 0. The molecule has 0 spiro atoms. The Morgan fingerprint density at radius 1 is 1.15 bits per heavy atom. The first-order chi connectivity index (χ1) is 9.31. The first-order valence-electron chi connectivity index (χ1n) is 6.62. The normalized spacial score (nSPS) is 24.7. The number of carbonyl (C=O) groups is 1. The van der Waals surface area contributed by atoms with Crippen molar-refractivity contribution in [2.24, 2.45) is 11.8 Å². The Hall–Kier alpha value is -1.66. The van der Waals surface area contributed by atoms with E-state index >= 15 is 0 Å². The second kappa shape index (κ2) is 5.03. The van der Waals surface area contributed by atoms with Crippen LogP contribution in [-0.4, -0.2) is 52.4 Å². The van der Waals surface area contributed by atoms with E-state index in [1.165, 1.54) is 0 Å². The molecule has 7 heteroatoms. The van der Waals surface area contributed by atoms with E-state index in [1.807, 2.05) is 23.1 Å². The Labute approximate surface area is 122 Å². The molecule has 0 saturated carbocycles. The van der Waals surface area contributed by atoms with Gasteiger partial charge in [-0.2, -0.15) is 15.4 Å². The fourth-order valence-corrected chi connectivity index (χ4v) is 3.18. The first kappa shape index (κ1) is 13.3. The summed E-state index contributed by atoms with van der Waals surface area (Å²) in [6.07, 6.45) is 0. The van der Waals surface area contributed by atoms with Gasteiger partial charge in [-0.15, -0.1) is 12.4 Å². The lowest BCUT2D eigenvalue weighted by Crippen LogP contribution is -2.31. The molecule has 6 nitrogen and oxygen atoms in total. The van der Waals surface area contributed by atoms with Crippen LogP contribution >= 0.6 is 12.4 Å². The molecule has 20 heavy (non-hydrogen) atoms. The van der Waals surface area contributed by atoms with Crippen LogP contribution in [0.4, 0.5) is 0 Å². The van der Waals surface area contributed by atoms with Crippen molar-refractivity contribution in [1.29, 1.82) is 0 Å². The van der Waals surface area contributed by atoms with Crippen LogP contribution < -0.4 is 5.32 Å². The van der Waals surface area contributed by atoms with Crippen LogP contribution in [0.25, 0.3) is 11.0 Å². The van der Waals surface area contributed by atoms with Crippen molar-refractivity contribution in [1.82, 2.24) is 25.6 Å². The lowest BCUT2D eigenvalue weighted by atomic mass is 10.0. The molecule has 1 aromatic carbocycles. The number of fused-ring (bicyclic) bond motifs is 2. The Bertz CT molecular complexity index is 630. The van der Waals surface area contributed by atoms with Gasteiger partial charge in [0.2, 0.25) is 0 Å². The fourth-order valence-electron chi connectivity index (χ4n) is 3.18. The molecule has 2 fully saturated rings. The van der Waals surface area contributed by atoms with Crippen LogP contribution in [0.3, 0.4) is 0 Å². The number of rotatable bonds is 1. The van der Waals surface area contributed by atoms with Gasteiger partial charge in [-0.1, -0.05) is 0 Å². The number of nitrogens with zero attached hydrogens (tertiary/aromatic N) is 3. The van der Waals surface area contributed by atoms with Crippen molar-refractivity contribution < 1.29 is 4.79 Å². The third kappa shape index (κ3) is 2.05. The molecule has 0 bridgehead atoms. The van der Waals surface area contributed by atoms with Gasteiger partial charge in [0.1, 0.15) is 11.0 Å². The maximum atomic E-state index is 12.5. The third-order valence-corrected chi connectivity index (χ3v) is 4.24. The highest BCUT2D eigenvalue weighted by Gasteiger charge is 2.38. The van der Waals surface area contributed by atoms with Crippen LogP contribution in [0.5, 0.6) is 0 Å². The van der Waals surface area contributed by atoms with Gasteiger partial charge < -0.3 is 10.2 Å². The van der Waals surface area contributed by atoms with Crippen molar-refractivity contribution >= 4 is 29.3 Å². The van der Waals surface area contributed by atoms with Crippen LogP contribution in [0.1, 0.15) is 10.4 Å². The molecule has 0 radical (unpaired) electrons. The Balaban J connectivity index is 0.00000121. The zero-order chi connectivity index (χ0) is 12.8. The number of amides is 1.